The van der Waals surface area contributed by atoms with E-state index in [0.717, 1.165) is 4.90 Å². The number of halogens is 4. The molecule has 0 spiro atoms. The van der Waals surface area contributed by atoms with E-state index in [9.17, 15) is 17.6 Å². The zero-order chi connectivity index (χ0) is 11.7. The predicted molar refractivity (Wildman–Crippen MR) is 50.0 cm³/mol. The fraction of sp³-hybridized carbons (Fsp3) is 0.400. The van der Waals surface area contributed by atoms with Gasteiger partial charge in [-0.15, -0.1) is 0 Å². The molecule has 0 aliphatic heterocycles. The van der Waals surface area contributed by atoms with Gasteiger partial charge in [0.25, 0.3) is 0 Å². The van der Waals surface area contributed by atoms with Crippen LogP contribution in [0.3, 0.4) is 0 Å². The highest BCUT2D eigenvalue weighted by atomic mass is 19.2. The lowest BCUT2D eigenvalue weighted by Gasteiger charge is -2.17. The average Bonchev–Trinajstić information content (AvgIpc) is 2.16. The smallest absolute Gasteiger partial charge is 0.185 e. The molecule has 0 radical (unpaired) electrons. The molecule has 0 N–H and O–H groups in total. The quantitative estimate of drug-likeness (QED) is 0.548. The molecule has 0 bridgehead atoms. The van der Waals surface area contributed by atoms with E-state index >= 15 is 0 Å². The van der Waals surface area contributed by atoms with Gasteiger partial charge in [0, 0.05) is 19.7 Å². The van der Waals surface area contributed by atoms with Crippen LogP contribution in [0.1, 0.15) is 12.5 Å². The Morgan fingerprint density at radius 2 is 1.27 bits per heavy atom. The van der Waals surface area contributed by atoms with Crippen LogP contribution in [0.25, 0.3) is 0 Å². The summed E-state index contributed by atoms with van der Waals surface area (Å²) in [6, 6.07) is 0. The molecule has 0 atom stereocenters. The molecular weight excluding hydrogens is 210 g/mol. The van der Waals surface area contributed by atoms with Gasteiger partial charge >= 0.3 is 0 Å². The Kier molecular flexibility index (Phi) is 3.21. The number of anilines is 1. The standard InChI is InChI=1S/C10H11F4N/c1-4-5-6(11)8(13)10(15(2)3)9(14)7(5)12/h4H2,1-3H3. The van der Waals surface area contributed by atoms with Crippen molar-refractivity contribution in [3.05, 3.63) is 28.8 Å². The fourth-order valence-corrected chi connectivity index (χ4v) is 1.37. The molecule has 1 nitrogen and oxygen atoms in total. The van der Waals surface area contributed by atoms with Gasteiger partial charge in [-0.25, -0.2) is 17.6 Å². The maximum Gasteiger partial charge on any atom is 0.185 e. The molecule has 0 heterocycles. The van der Waals surface area contributed by atoms with Gasteiger partial charge in [-0.2, -0.15) is 0 Å². The van der Waals surface area contributed by atoms with E-state index in [-0.39, 0.29) is 6.42 Å². The second kappa shape index (κ2) is 4.08. The molecule has 84 valence electrons. The maximum absolute atomic E-state index is 13.3. The number of nitrogens with zero attached hydrogens (tertiary/aromatic N) is 1. The molecule has 1 aromatic rings. The molecule has 0 saturated heterocycles. The first kappa shape index (κ1) is 11.8. The normalized spacial score (nSPS) is 10.6. The van der Waals surface area contributed by atoms with Crippen molar-refractivity contribution in [2.45, 2.75) is 13.3 Å². The lowest BCUT2D eigenvalue weighted by molar-refractivity contribution is 0.441. The third-order valence-corrected chi connectivity index (χ3v) is 2.13. The van der Waals surface area contributed by atoms with E-state index in [0.29, 0.717) is 0 Å². The van der Waals surface area contributed by atoms with Gasteiger partial charge in [0.2, 0.25) is 0 Å². The Bertz CT molecular complexity index is 358. The molecular formula is C10H11F4N. The Labute approximate surface area is 85.3 Å². The van der Waals surface area contributed by atoms with Gasteiger partial charge in [-0.3, -0.25) is 0 Å². The summed E-state index contributed by atoms with van der Waals surface area (Å²) >= 11 is 0. The first-order valence-corrected chi connectivity index (χ1v) is 4.43. The molecule has 1 aromatic carbocycles. The Morgan fingerprint density at radius 1 is 0.867 bits per heavy atom. The molecule has 0 aromatic heterocycles. The Morgan fingerprint density at radius 3 is 1.53 bits per heavy atom. The van der Waals surface area contributed by atoms with Crippen molar-refractivity contribution < 1.29 is 17.6 Å². The molecule has 0 saturated carbocycles. The summed E-state index contributed by atoms with van der Waals surface area (Å²) in [4.78, 5) is 0.996. The molecule has 0 aliphatic carbocycles. The van der Waals surface area contributed by atoms with E-state index < -0.39 is 34.5 Å². The van der Waals surface area contributed by atoms with Crippen LogP contribution in [0.5, 0.6) is 0 Å². The Hall–Kier alpha value is -1.26. The van der Waals surface area contributed by atoms with Crippen molar-refractivity contribution in [1.82, 2.24) is 0 Å². The highest BCUT2D eigenvalue weighted by Gasteiger charge is 2.25. The number of rotatable bonds is 2. The van der Waals surface area contributed by atoms with Crippen LogP contribution in [0.15, 0.2) is 0 Å². The van der Waals surface area contributed by atoms with Gasteiger partial charge < -0.3 is 4.90 Å². The zero-order valence-corrected chi connectivity index (χ0v) is 8.67. The second-order valence-corrected chi connectivity index (χ2v) is 3.33. The summed E-state index contributed by atoms with van der Waals surface area (Å²) in [5.41, 5.74) is -1.25. The van der Waals surface area contributed by atoms with Crippen LogP contribution in [0, 0.1) is 23.3 Å². The SMILES string of the molecule is CCc1c(F)c(F)c(N(C)C)c(F)c1F. The molecule has 15 heavy (non-hydrogen) atoms. The molecule has 1 rings (SSSR count). The van der Waals surface area contributed by atoms with Crippen molar-refractivity contribution >= 4 is 5.69 Å². The Balaban J connectivity index is 3.59. The van der Waals surface area contributed by atoms with Gasteiger partial charge in [-0.05, 0) is 6.42 Å². The van der Waals surface area contributed by atoms with Crippen molar-refractivity contribution in [1.29, 1.82) is 0 Å². The minimum atomic E-state index is -1.35. The first-order chi connectivity index (χ1) is 6.91. The zero-order valence-electron chi connectivity index (χ0n) is 8.67. The van der Waals surface area contributed by atoms with E-state index in [2.05, 4.69) is 0 Å². The molecule has 5 heteroatoms. The summed E-state index contributed by atoms with van der Waals surface area (Å²) in [6.07, 6.45) is -0.0980. The van der Waals surface area contributed by atoms with Gasteiger partial charge in [0.05, 0.1) is 0 Å². The topological polar surface area (TPSA) is 3.24 Å². The minimum absolute atomic E-state index is 0.0980. The first-order valence-electron chi connectivity index (χ1n) is 4.43. The summed E-state index contributed by atoms with van der Waals surface area (Å²) in [7, 11) is 2.62. The second-order valence-electron chi connectivity index (χ2n) is 3.33. The highest BCUT2D eigenvalue weighted by Crippen LogP contribution is 2.29. The molecule has 0 amide bonds. The van der Waals surface area contributed by atoms with E-state index in [1.807, 2.05) is 0 Å². The van der Waals surface area contributed by atoms with Crippen LogP contribution >= 0.6 is 0 Å². The van der Waals surface area contributed by atoms with E-state index in [1.54, 1.807) is 0 Å². The average molecular weight is 221 g/mol. The van der Waals surface area contributed by atoms with Crippen LogP contribution in [0.4, 0.5) is 23.2 Å². The molecule has 0 fully saturated rings. The van der Waals surface area contributed by atoms with Gasteiger partial charge in [0.1, 0.15) is 5.69 Å². The summed E-state index contributed by atoms with van der Waals surface area (Å²) in [5, 5.41) is 0. The minimum Gasteiger partial charge on any atom is -0.373 e. The fourth-order valence-electron chi connectivity index (χ4n) is 1.37. The monoisotopic (exact) mass is 221 g/mol. The predicted octanol–water partition coefficient (Wildman–Crippen LogP) is 2.87. The van der Waals surface area contributed by atoms with Crippen LogP contribution in [0.2, 0.25) is 0 Å². The molecule has 0 aliphatic rings. The van der Waals surface area contributed by atoms with Crippen molar-refractivity contribution in [2.75, 3.05) is 19.0 Å². The lowest BCUT2D eigenvalue weighted by Crippen LogP contribution is -2.16. The van der Waals surface area contributed by atoms with Crippen molar-refractivity contribution in [3.63, 3.8) is 0 Å². The third-order valence-electron chi connectivity index (χ3n) is 2.13. The van der Waals surface area contributed by atoms with E-state index in [4.69, 9.17) is 0 Å². The third kappa shape index (κ3) is 1.78. The lowest BCUT2D eigenvalue weighted by atomic mass is 10.1. The van der Waals surface area contributed by atoms with Crippen molar-refractivity contribution in [2.24, 2.45) is 0 Å². The largest absolute Gasteiger partial charge is 0.373 e. The summed E-state index contributed by atoms with van der Waals surface area (Å²) in [6.45, 7) is 1.43. The maximum atomic E-state index is 13.3. The van der Waals surface area contributed by atoms with Crippen LogP contribution in [-0.4, -0.2) is 14.1 Å². The molecule has 0 unspecified atom stereocenters. The summed E-state index contributed by atoms with van der Waals surface area (Å²) in [5.74, 6) is -5.34. The summed E-state index contributed by atoms with van der Waals surface area (Å²) < 4.78 is 53.1. The number of benzene rings is 1. The van der Waals surface area contributed by atoms with Crippen molar-refractivity contribution in [3.8, 4) is 0 Å². The number of hydrogen-bond donors (Lipinski definition) is 0. The highest BCUT2D eigenvalue weighted by molar-refractivity contribution is 5.50. The van der Waals surface area contributed by atoms with E-state index in [1.165, 1.54) is 21.0 Å². The number of hydrogen-bond acceptors (Lipinski definition) is 1. The van der Waals surface area contributed by atoms with Crippen LogP contribution < -0.4 is 4.90 Å². The van der Waals surface area contributed by atoms with Crippen LogP contribution in [-0.2, 0) is 6.42 Å². The van der Waals surface area contributed by atoms with Gasteiger partial charge in [0.15, 0.2) is 23.3 Å². The van der Waals surface area contributed by atoms with Gasteiger partial charge in [-0.1, -0.05) is 6.92 Å².